The van der Waals surface area contributed by atoms with E-state index in [4.69, 9.17) is 0 Å². The molecule has 1 unspecified atom stereocenters. The Morgan fingerprint density at radius 1 is 1.31 bits per heavy atom. The molecule has 1 atom stereocenters. The van der Waals surface area contributed by atoms with Crippen molar-refractivity contribution in [2.24, 2.45) is 0 Å². The Hall–Kier alpha value is -1.10. The van der Waals surface area contributed by atoms with E-state index >= 15 is 0 Å². The molecule has 1 aromatic rings. The van der Waals surface area contributed by atoms with Crippen LogP contribution in [0.25, 0.3) is 0 Å². The summed E-state index contributed by atoms with van der Waals surface area (Å²) in [4.78, 5) is 0. The minimum absolute atomic E-state index is 0.253. The zero-order chi connectivity index (χ0) is 9.10. The third-order valence-electron chi connectivity index (χ3n) is 2.03. The van der Waals surface area contributed by atoms with Crippen LogP contribution in [-0.2, 0) is 0 Å². The van der Waals surface area contributed by atoms with Gasteiger partial charge >= 0.3 is 0 Å². The summed E-state index contributed by atoms with van der Waals surface area (Å²) in [6, 6.07) is 8.35. The lowest BCUT2D eigenvalue weighted by molar-refractivity contribution is 0.566. The molecule has 1 saturated heterocycles. The predicted molar refractivity (Wildman–Crippen MR) is 52.9 cm³/mol. The number of hydrogen-bond acceptors (Lipinski definition) is 4. The number of hydrogen-bond donors (Lipinski definition) is 4. The van der Waals surface area contributed by atoms with Gasteiger partial charge in [-0.1, -0.05) is 17.7 Å². The predicted octanol–water partition coefficient (Wildman–Crippen LogP) is 0.345. The molecule has 13 heavy (non-hydrogen) atoms. The Bertz CT molecular complexity index is 263. The molecule has 4 N–H and O–H groups in total. The number of hydrazine groups is 2. The van der Waals surface area contributed by atoms with Crippen molar-refractivity contribution in [1.82, 2.24) is 16.4 Å². The van der Waals surface area contributed by atoms with Crippen molar-refractivity contribution < 1.29 is 0 Å². The van der Waals surface area contributed by atoms with Gasteiger partial charge in [-0.15, -0.1) is 0 Å². The van der Waals surface area contributed by atoms with Gasteiger partial charge in [0.1, 0.15) is 6.17 Å². The standard InChI is InChI=1S/C9H14N4/c1-7-2-4-8(5-3-7)11-9-6-10-13-12-9/h2-5,9-13H,6H2,1H3. The van der Waals surface area contributed by atoms with E-state index in [0.717, 1.165) is 12.2 Å². The van der Waals surface area contributed by atoms with Crippen LogP contribution in [0.3, 0.4) is 0 Å². The Morgan fingerprint density at radius 3 is 2.69 bits per heavy atom. The monoisotopic (exact) mass is 178 g/mol. The van der Waals surface area contributed by atoms with Crippen molar-refractivity contribution >= 4 is 5.69 Å². The van der Waals surface area contributed by atoms with Gasteiger partial charge in [0.15, 0.2) is 0 Å². The first-order valence-electron chi connectivity index (χ1n) is 4.41. The van der Waals surface area contributed by atoms with E-state index in [-0.39, 0.29) is 6.17 Å². The number of benzene rings is 1. The summed E-state index contributed by atoms with van der Waals surface area (Å²) in [5.41, 5.74) is 11.3. The largest absolute Gasteiger partial charge is 0.368 e. The average molecular weight is 178 g/mol. The highest BCUT2D eigenvalue weighted by molar-refractivity contribution is 5.45. The van der Waals surface area contributed by atoms with Crippen LogP contribution < -0.4 is 21.7 Å². The second-order valence-corrected chi connectivity index (χ2v) is 3.21. The fourth-order valence-corrected chi connectivity index (χ4v) is 1.28. The van der Waals surface area contributed by atoms with E-state index in [0.29, 0.717) is 0 Å². The first-order chi connectivity index (χ1) is 6.34. The zero-order valence-electron chi connectivity index (χ0n) is 7.59. The fraction of sp³-hybridized carbons (Fsp3) is 0.333. The molecule has 1 aliphatic rings. The lowest BCUT2D eigenvalue weighted by atomic mass is 10.2. The Balaban J connectivity index is 1.97. The van der Waals surface area contributed by atoms with E-state index in [1.807, 2.05) is 0 Å². The molecule has 1 aromatic carbocycles. The second-order valence-electron chi connectivity index (χ2n) is 3.21. The highest BCUT2D eigenvalue weighted by Gasteiger charge is 2.11. The zero-order valence-corrected chi connectivity index (χ0v) is 7.59. The van der Waals surface area contributed by atoms with Crippen LogP contribution in [0.1, 0.15) is 5.56 Å². The molecule has 0 radical (unpaired) electrons. The maximum Gasteiger partial charge on any atom is 0.105 e. The fourth-order valence-electron chi connectivity index (χ4n) is 1.28. The SMILES string of the molecule is Cc1ccc(NC2CNNN2)cc1. The molecule has 4 heteroatoms. The van der Waals surface area contributed by atoms with Crippen LogP contribution in [-0.4, -0.2) is 12.7 Å². The van der Waals surface area contributed by atoms with E-state index in [1.165, 1.54) is 5.56 Å². The first kappa shape index (κ1) is 8.50. The summed E-state index contributed by atoms with van der Waals surface area (Å²) in [5.74, 6) is 0. The molecular weight excluding hydrogens is 164 g/mol. The van der Waals surface area contributed by atoms with Crippen LogP contribution in [0.2, 0.25) is 0 Å². The molecule has 1 aliphatic heterocycles. The quantitative estimate of drug-likeness (QED) is 0.527. The molecule has 70 valence electrons. The highest BCUT2D eigenvalue weighted by atomic mass is 15.7. The summed E-state index contributed by atoms with van der Waals surface area (Å²) in [6.07, 6.45) is 0.253. The van der Waals surface area contributed by atoms with Crippen molar-refractivity contribution in [2.75, 3.05) is 11.9 Å². The smallest absolute Gasteiger partial charge is 0.105 e. The molecule has 2 rings (SSSR count). The van der Waals surface area contributed by atoms with E-state index in [2.05, 4.69) is 52.9 Å². The molecule has 1 heterocycles. The molecular formula is C9H14N4. The molecule has 0 amide bonds. The summed E-state index contributed by atoms with van der Waals surface area (Å²) < 4.78 is 0. The van der Waals surface area contributed by atoms with Crippen molar-refractivity contribution in [3.8, 4) is 0 Å². The molecule has 4 nitrogen and oxygen atoms in total. The summed E-state index contributed by atoms with van der Waals surface area (Å²) >= 11 is 0. The summed E-state index contributed by atoms with van der Waals surface area (Å²) in [6.45, 7) is 2.95. The second kappa shape index (κ2) is 3.74. The van der Waals surface area contributed by atoms with Gasteiger partial charge in [-0.25, -0.2) is 10.9 Å². The van der Waals surface area contributed by atoms with Crippen LogP contribution in [0.15, 0.2) is 24.3 Å². The number of aryl methyl sites for hydroxylation is 1. The topological polar surface area (TPSA) is 48.1 Å². The maximum atomic E-state index is 3.33. The van der Waals surface area contributed by atoms with E-state index < -0.39 is 0 Å². The van der Waals surface area contributed by atoms with Crippen LogP contribution in [0, 0.1) is 6.92 Å². The van der Waals surface area contributed by atoms with Gasteiger partial charge in [-0.2, -0.15) is 5.53 Å². The molecule has 1 fully saturated rings. The number of anilines is 1. The highest BCUT2D eigenvalue weighted by Crippen LogP contribution is 2.09. The van der Waals surface area contributed by atoms with Gasteiger partial charge in [-0.05, 0) is 19.1 Å². The van der Waals surface area contributed by atoms with Gasteiger partial charge in [-0.3, -0.25) is 0 Å². The van der Waals surface area contributed by atoms with Crippen LogP contribution in [0.5, 0.6) is 0 Å². The minimum atomic E-state index is 0.253. The van der Waals surface area contributed by atoms with Crippen molar-refractivity contribution in [3.63, 3.8) is 0 Å². The van der Waals surface area contributed by atoms with Gasteiger partial charge < -0.3 is 5.32 Å². The third kappa shape index (κ3) is 2.18. The Labute approximate surface area is 77.7 Å². The van der Waals surface area contributed by atoms with E-state index in [9.17, 15) is 0 Å². The van der Waals surface area contributed by atoms with Gasteiger partial charge in [0.05, 0.1) is 0 Å². The Kier molecular flexibility index (Phi) is 2.44. The lowest BCUT2D eigenvalue weighted by Crippen LogP contribution is -2.37. The molecule has 0 bridgehead atoms. The summed E-state index contributed by atoms with van der Waals surface area (Å²) in [7, 11) is 0. The van der Waals surface area contributed by atoms with Crippen LogP contribution >= 0.6 is 0 Å². The third-order valence-corrected chi connectivity index (χ3v) is 2.03. The van der Waals surface area contributed by atoms with Crippen molar-refractivity contribution in [1.29, 1.82) is 0 Å². The van der Waals surface area contributed by atoms with E-state index in [1.54, 1.807) is 0 Å². The number of rotatable bonds is 2. The molecule has 0 aliphatic carbocycles. The van der Waals surface area contributed by atoms with Gasteiger partial charge in [0, 0.05) is 12.2 Å². The lowest BCUT2D eigenvalue weighted by Gasteiger charge is -2.12. The van der Waals surface area contributed by atoms with Gasteiger partial charge in [0.2, 0.25) is 0 Å². The minimum Gasteiger partial charge on any atom is -0.368 e. The summed E-state index contributed by atoms with van der Waals surface area (Å²) in [5, 5.41) is 3.33. The Morgan fingerprint density at radius 2 is 2.08 bits per heavy atom. The van der Waals surface area contributed by atoms with Crippen LogP contribution in [0.4, 0.5) is 5.69 Å². The normalized spacial score (nSPS) is 21.8. The van der Waals surface area contributed by atoms with Crippen molar-refractivity contribution in [2.45, 2.75) is 13.1 Å². The maximum absolute atomic E-state index is 3.33. The molecule has 0 spiro atoms. The van der Waals surface area contributed by atoms with Crippen molar-refractivity contribution in [3.05, 3.63) is 29.8 Å². The molecule has 0 aromatic heterocycles. The first-order valence-corrected chi connectivity index (χ1v) is 4.41. The number of nitrogens with one attached hydrogen (secondary N) is 4. The molecule has 0 saturated carbocycles. The average Bonchev–Trinajstić information content (AvgIpc) is 2.62. The van der Waals surface area contributed by atoms with Gasteiger partial charge in [0.25, 0.3) is 0 Å².